The molecule has 4 rings (SSSR count). The molecule has 0 spiro atoms. The van der Waals surface area contributed by atoms with Crippen LogP contribution < -0.4 is 14.8 Å². The highest BCUT2D eigenvalue weighted by Gasteiger charge is 2.30. The fourth-order valence-corrected chi connectivity index (χ4v) is 4.83. The number of nitrogens with zero attached hydrogens (tertiary/aromatic N) is 1. The Bertz CT molecular complexity index is 1140. The maximum Gasteiger partial charge on any atom is 0.287 e. The minimum absolute atomic E-state index is 0.0953. The van der Waals surface area contributed by atoms with Gasteiger partial charge in [-0.05, 0) is 48.6 Å². The van der Waals surface area contributed by atoms with Gasteiger partial charge in [-0.3, -0.25) is 9.59 Å². The third kappa shape index (κ3) is 6.46. The van der Waals surface area contributed by atoms with Gasteiger partial charge in [-0.2, -0.15) is 0 Å². The zero-order valence-electron chi connectivity index (χ0n) is 18.2. The van der Waals surface area contributed by atoms with Crippen LogP contribution >= 0.6 is 23.1 Å². The fourth-order valence-electron chi connectivity index (χ4n) is 3.43. The second-order valence-corrected chi connectivity index (χ2v) is 9.36. The third-order valence-electron chi connectivity index (χ3n) is 5.12. The molecule has 1 N–H and O–H groups in total. The van der Waals surface area contributed by atoms with Gasteiger partial charge in [0.1, 0.15) is 11.6 Å². The van der Waals surface area contributed by atoms with E-state index in [-0.39, 0.29) is 16.4 Å². The van der Waals surface area contributed by atoms with Crippen molar-refractivity contribution in [1.29, 1.82) is 0 Å². The van der Waals surface area contributed by atoms with Gasteiger partial charge in [-0.15, -0.1) is 11.3 Å². The number of ether oxygens (including phenoxy) is 2. The summed E-state index contributed by atoms with van der Waals surface area (Å²) in [4.78, 5) is 27.6. The number of benzene rings is 2. The number of thioether (sulfide) groups is 1. The van der Waals surface area contributed by atoms with Gasteiger partial charge in [0, 0.05) is 17.1 Å². The summed E-state index contributed by atoms with van der Waals surface area (Å²) in [6, 6.07) is 15.6. The van der Waals surface area contributed by atoms with Gasteiger partial charge < -0.3 is 14.8 Å². The molecule has 1 aliphatic rings. The van der Waals surface area contributed by atoms with Crippen molar-refractivity contribution < 1.29 is 19.1 Å². The second-order valence-electron chi connectivity index (χ2n) is 7.49. The quantitative estimate of drug-likeness (QED) is 0.408. The summed E-state index contributed by atoms with van der Waals surface area (Å²) >= 11 is 2.33. The van der Waals surface area contributed by atoms with Crippen LogP contribution in [-0.2, 0) is 17.8 Å². The zero-order valence-corrected chi connectivity index (χ0v) is 19.8. The molecule has 0 aliphatic carbocycles. The van der Waals surface area contributed by atoms with Crippen LogP contribution in [0.1, 0.15) is 34.7 Å². The minimum Gasteiger partial charge on any atom is -0.493 e. The normalized spacial score (nSPS) is 15.7. The lowest BCUT2D eigenvalue weighted by atomic mass is 10.0. The molecule has 2 aromatic carbocycles. The number of amides is 1. The van der Waals surface area contributed by atoms with Gasteiger partial charge in [0.15, 0.2) is 11.5 Å². The van der Waals surface area contributed by atoms with Gasteiger partial charge in [0.05, 0.1) is 18.8 Å². The van der Waals surface area contributed by atoms with E-state index in [0.29, 0.717) is 24.5 Å². The van der Waals surface area contributed by atoms with Crippen LogP contribution in [0.25, 0.3) is 12.2 Å². The summed E-state index contributed by atoms with van der Waals surface area (Å²) in [5.74, 6) is 1.32. The molecule has 170 valence electrons. The van der Waals surface area contributed by atoms with E-state index in [0.717, 1.165) is 46.4 Å². The molecule has 1 atom stereocenters. The van der Waals surface area contributed by atoms with Crippen molar-refractivity contribution in [2.24, 2.45) is 0 Å². The number of aryl methyl sites for hydroxylation is 1. The molecular formula is C25H24N2O4S2. The van der Waals surface area contributed by atoms with E-state index >= 15 is 0 Å². The number of aromatic nitrogens is 1. The van der Waals surface area contributed by atoms with Crippen LogP contribution in [0.3, 0.4) is 0 Å². The summed E-state index contributed by atoms with van der Waals surface area (Å²) in [6.45, 7) is 0.354. The summed E-state index contributed by atoms with van der Waals surface area (Å²) in [6.07, 6.45) is 6.24. The molecule has 3 aromatic rings. The van der Waals surface area contributed by atoms with Crippen LogP contribution in [0.15, 0.2) is 53.9 Å². The molecule has 0 radical (unpaired) electrons. The second kappa shape index (κ2) is 11.2. The molecule has 1 aromatic heterocycles. The molecule has 1 fully saturated rings. The van der Waals surface area contributed by atoms with Crippen LogP contribution in [0.2, 0.25) is 0 Å². The Balaban J connectivity index is 1.29. The largest absolute Gasteiger partial charge is 0.493 e. The molecule has 6 nitrogen and oxygen atoms in total. The zero-order chi connectivity index (χ0) is 23.0. The minimum atomic E-state index is -0.377. The first kappa shape index (κ1) is 23.1. The van der Waals surface area contributed by atoms with E-state index in [1.165, 1.54) is 0 Å². The van der Waals surface area contributed by atoms with E-state index in [4.69, 9.17) is 9.47 Å². The predicted octanol–water partition coefficient (Wildman–Crippen LogP) is 5.58. The lowest BCUT2D eigenvalue weighted by Crippen LogP contribution is -2.28. The number of nitrogens with one attached hydrogen (secondary N) is 1. The Morgan fingerprint density at radius 3 is 2.70 bits per heavy atom. The Labute approximate surface area is 201 Å². The first-order chi connectivity index (χ1) is 16.1. The molecule has 0 bridgehead atoms. The van der Waals surface area contributed by atoms with E-state index in [2.05, 4.69) is 22.4 Å². The van der Waals surface area contributed by atoms with Crippen molar-refractivity contribution in [3.8, 4) is 11.5 Å². The lowest BCUT2D eigenvalue weighted by molar-refractivity contribution is -0.112. The number of methoxy groups -OCH3 is 1. The van der Waals surface area contributed by atoms with Gasteiger partial charge >= 0.3 is 0 Å². The summed E-state index contributed by atoms with van der Waals surface area (Å²) in [5, 5.41) is 5.26. The number of carbonyl (C=O) groups is 2. The topological polar surface area (TPSA) is 77.5 Å². The number of carbonyl (C=O) groups excluding carboxylic acids is 2. The number of rotatable bonds is 10. The average molecular weight is 481 g/mol. The van der Waals surface area contributed by atoms with Gasteiger partial charge in [0.2, 0.25) is 5.12 Å². The van der Waals surface area contributed by atoms with Crippen molar-refractivity contribution in [2.75, 3.05) is 7.11 Å². The molecular weight excluding hydrogens is 456 g/mol. The molecule has 0 saturated carbocycles. The number of hydrogen-bond acceptors (Lipinski definition) is 7. The smallest absolute Gasteiger partial charge is 0.287 e. The maximum atomic E-state index is 11.7. The van der Waals surface area contributed by atoms with E-state index in [9.17, 15) is 9.59 Å². The third-order valence-corrected chi connectivity index (χ3v) is 6.77. The van der Waals surface area contributed by atoms with Crippen LogP contribution in [0, 0.1) is 0 Å². The standard InChI is InChI=1S/C25H24N2O4S2/c1-30-22-14-18(8-5-9-20-24(28)33-25(29)27-20)10-12-21(22)31-15-19-16-32-23(26-19)13-11-17-6-3-2-4-7-17/h2-4,6-7,10-14,16,20H,5,8-9,15H2,1H3,(H,27,29). The van der Waals surface area contributed by atoms with E-state index < -0.39 is 0 Å². The Hall–Kier alpha value is -3.10. The number of hydrogen-bond donors (Lipinski definition) is 1. The summed E-state index contributed by atoms with van der Waals surface area (Å²) < 4.78 is 11.5. The van der Waals surface area contributed by atoms with Gasteiger partial charge in [-0.25, -0.2) is 4.98 Å². The molecule has 2 heterocycles. The van der Waals surface area contributed by atoms with Crippen LogP contribution in [0.5, 0.6) is 11.5 Å². The molecule has 1 aliphatic heterocycles. The fraction of sp³-hybridized carbons (Fsp3) is 0.240. The van der Waals surface area contributed by atoms with Gasteiger partial charge in [-0.1, -0.05) is 42.5 Å². The monoisotopic (exact) mass is 480 g/mol. The van der Waals surface area contributed by atoms with Gasteiger partial charge in [0.25, 0.3) is 5.24 Å². The first-order valence-electron chi connectivity index (χ1n) is 10.6. The molecule has 1 saturated heterocycles. The van der Waals surface area contributed by atoms with Crippen molar-refractivity contribution in [2.45, 2.75) is 31.9 Å². The van der Waals surface area contributed by atoms with Crippen molar-refractivity contribution >= 4 is 45.6 Å². The lowest BCUT2D eigenvalue weighted by Gasteiger charge is -2.12. The summed E-state index contributed by atoms with van der Waals surface area (Å²) in [5.41, 5.74) is 3.08. The Morgan fingerprint density at radius 2 is 1.94 bits per heavy atom. The number of thiazole rings is 1. The molecule has 1 unspecified atom stereocenters. The highest BCUT2D eigenvalue weighted by atomic mass is 32.2. The van der Waals surface area contributed by atoms with Crippen molar-refractivity contribution in [3.63, 3.8) is 0 Å². The van der Waals surface area contributed by atoms with Crippen LogP contribution in [0.4, 0.5) is 4.79 Å². The Kier molecular flexibility index (Phi) is 7.80. The van der Waals surface area contributed by atoms with E-state index in [1.807, 2.05) is 53.9 Å². The maximum absolute atomic E-state index is 11.7. The average Bonchev–Trinajstić information content (AvgIpc) is 3.42. The molecule has 33 heavy (non-hydrogen) atoms. The van der Waals surface area contributed by atoms with Crippen molar-refractivity contribution in [1.82, 2.24) is 10.3 Å². The SMILES string of the molecule is COc1cc(CCCC2NC(=O)SC2=O)ccc1OCc1csc(C=Cc2ccccc2)n1. The highest BCUT2D eigenvalue weighted by molar-refractivity contribution is 8.26. The predicted molar refractivity (Wildman–Crippen MR) is 133 cm³/mol. The highest BCUT2D eigenvalue weighted by Crippen LogP contribution is 2.30. The summed E-state index contributed by atoms with van der Waals surface area (Å²) in [7, 11) is 1.62. The molecule has 1 amide bonds. The van der Waals surface area contributed by atoms with Crippen LogP contribution in [-0.4, -0.2) is 28.5 Å². The van der Waals surface area contributed by atoms with E-state index in [1.54, 1.807) is 18.4 Å². The Morgan fingerprint density at radius 1 is 1.09 bits per heavy atom. The van der Waals surface area contributed by atoms with Crippen molar-refractivity contribution in [3.05, 3.63) is 75.7 Å². The molecule has 8 heteroatoms. The first-order valence-corrected chi connectivity index (χ1v) is 12.3.